The summed E-state index contributed by atoms with van der Waals surface area (Å²) in [6, 6.07) is 11.5. The molecule has 4 aromatic rings. The number of hydrogen-bond acceptors (Lipinski definition) is 6. The highest BCUT2D eigenvalue weighted by molar-refractivity contribution is 7.98. The number of amides is 1. The van der Waals surface area contributed by atoms with E-state index in [1.54, 1.807) is 29.2 Å². The van der Waals surface area contributed by atoms with E-state index in [1.165, 1.54) is 15.8 Å². The fourth-order valence-electron chi connectivity index (χ4n) is 2.77. The second-order valence-corrected chi connectivity index (χ2v) is 8.07. The molecule has 138 valence electrons. The SMILES string of the molecule is O=C(Cn1cnc2c(oc3ccccc32)c1=O)NCCSCc1cccs1. The minimum atomic E-state index is -0.349. The van der Waals surface area contributed by atoms with Crippen LogP contribution in [-0.2, 0) is 17.1 Å². The third-order valence-electron chi connectivity index (χ3n) is 4.06. The lowest BCUT2D eigenvalue weighted by Gasteiger charge is -2.06. The van der Waals surface area contributed by atoms with Crippen molar-refractivity contribution in [1.29, 1.82) is 0 Å². The number of para-hydroxylation sites is 1. The zero-order chi connectivity index (χ0) is 18.6. The van der Waals surface area contributed by atoms with E-state index in [4.69, 9.17) is 4.42 Å². The van der Waals surface area contributed by atoms with Gasteiger partial charge in [0.25, 0.3) is 5.56 Å². The molecule has 1 amide bonds. The van der Waals surface area contributed by atoms with Crippen LogP contribution in [0, 0.1) is 0 Å². The third-order valence-corrected chi connectivity index (χ3v) is 6.12. The normalized spacial score (nSPS) is 11.3. The van der Waals surface area contributed by atoms with Gasteiger partial charge in [0.15, 0.2) is 0 Å². The molecule has 3 heterocycles. The fourth-order valence-corrected chi connectivity index (χ4v) is 4.47. The van der Waals surface area contributed by atoms with Gasteiger partial charge in [0.1, 0.15) is 17.6 Å². The third kappa shape index (κ3) is 3.91. The summed E-state index contributed by atoms with van der Waals surface area (Å²) in [7, 11) is 0. The van der Waals surface area contributed by atoms with Gasteiger partial charge in [-0.05, 0) is 23.6 Å². The number of carbonyl (C=O) groups excluding carboxylic acids is 1. The Labute approximate surface area is 163 Å². The molecule has 0 fully saturated rings. The molecule has 0 radical (unpaired) electrons. The number of hydrogen-bond donors (Lipinski definition) is 1. The highest BCUT2D eigenvalue weighted by Gasteiger charge is 2.14. The predicted octanol–water partition coefficient (Wildman–Crippen LogP) is 3.25. The van der Waals surface area contributed by atoms with Gasteiger partial charge in [0, 0.05) is 28.3 Å². The summed E-state index contributed by atoms with van der Waals surface area (Å²) in [6.07, 6.45) is 1.40. The summed E-state index contributed by atoms with van der Waals surface area (Å²) in [5.74, 6) is 1.55. The van der Waals surface area contributed by atoms with Gasteiger partial charge in [-0.1, -0.05) is 18.2 Å². The number of nitrogens with zero attached hydrogens (tertiary/aromatic N) is 2. The molecule has 0 atom stereocenters. The highest BCUT2D eigenvalue weighted by atomic mass is 32.2. The molecular weight excluding hydrogens is 382 g/mol. The number of benzene rings is 1. The van der Waals surface area contributed by atoms with Gasteiger partial charge in [0.2, 0.25) is 11.5 Å². The summed E-state index contributed by atoms with van der Waals surface area (Å²) in [5.41, 5.74) is 0.968. The number of thioether (sulfide) groups is 1. The van der Waals surface area contributed by atoms with E-state index in [9.17, 15) is 9.59 Å². The lowest BCUT2D eigenvalue weighted by Crippen LogP contribution is -2.33. The number of aromatic nitrogens is 2. The first-order valence-corrected chi connectivity index (χ1v) is 10.5. The molecule has 27 heavy (non-hydrogen) atoms. The predicted molar refractivity (Wildman–Crippen MR) is 109 cm³/mol. The van der Waals surface area contributed by atoms with Crippen LogP contribution in [0.5, 0.6) is 0 Å². The Hall–Kier alpha value is -2.58. The van der Waals surface area contributed by atoms with E-state index in [2.05, 4.69) is 21.7 Å². The molecule has 4 rings (SSSR count). The quantitative estimate of drug-likeness (QED) is 0.483. The van der Waals surface area contributed by atoms with Crippen LogP contribution in [0.25, 0.3) is 22.1 Å². The van der Waals surface area contributed by atoms with Crippen molar-refractivity contribution in [2.24, 2.45) is 0 Å². The first kappa shape index (κ1) is 17.8. The maximum absolute atomic E-state index is 12.6. The maximum atomic E-state index is 12.6. The van der Waals surface area contributed by atoms with Gasteiger partial charge in [-0.15, -0.1) is 11.3 Å². The van der Waals surface area contributed by atoms with Crippen LogP contribution in [-0.4, -0.2) is 27.8 Å². The van der Waals surface area contributed by atoms with E-state index in [0.717, 1.165) is 16.9 Å². The number of carbonyl (C=O) groups is 1. The number of fused-ring (bicyclic) bond motifs is 3. The molecule has 0 aliphatic carbocycles. The second-order valence-electron chi connectivity index (χ2n) is 5.94. The molecule has 0 unspecified atom stereocenters. The smallest absolute Gasteiger partial charge is 0.297 e. The van der Waals surface area contributed by atoms with Crippen molar-refractivity contribution >= 4 is 51.1 Å². The highest BCUT2D eigenvalue weighted by Crippen LogP contribution is 2.24. The van der Waals surface area contributed by atoms with Gasteiger partial charge in [-0.2, -0.15) is 11.8 Å². The van der Waals surface area contributed by atoms with Gasteiger partial charge in [-0.3, -0.25) is 14.2 Å². The van der Waals surface area contributed by atoms with Crippen LogP contribution in [0.4, 0.5) is 0 Å². The van der Waals surface area contributed by atoms with Gasteiger partial charge < -0.3 is 9.73 Å². The van der Waals surface area contributed by atoms with Gasteiger partial charge in [0.05, 0.1) is 6.33 Å². The lowest BCUT2D eigenvalue weighted by molar-refractivity contribution is -0.121. The average Bonchev–Trinajstić information content (AvgIpc) is 3.32. The van der Waals surface area contributed by atoms with Crippen LogP contribution in [0.2, 0.25) is 0 Å². The second kappa shape index (κ2) is 7.98. The molecule has 0 aliphatic heterocycles. The molecule has 1 aromatic carbocycles. The molecule has 3 aromatic heterocycles. The number of rotatable bonds is 7. The van der Waals surface area contributed by atoms with Crippen molar-refractivity contribution < 1.29 is 9.21 Å². The zero-order valence-corrected chi connectivity index (χ0v) is 16.0. The fraction of sp³-hybridized carbons (Fsp3) is 0.211. The van der Waals surface area contributed by atoms with Crippen molar-refractivity contribution in [1.82, 2.24) is 14.9 Å². The molecule has 0 aliphatic rings. The van der Waals surface area contributed by atoms with E-state index in [1.807, 2.05) is 24.3 Å². The van der Waals surface area contributed by atoms with E-state index in [-0.39, 0.29) is 23.6 Å². The summed E-state index contributed by atoms with van der Waals surface area (Å²) in [5, 5.41) is 5.69. The molecule has 6 nitrogen and oxygen atoms in total. The average molecular weight is 399 g/mol. The Morgan fingerprint density at radius 2 is 2.15 bits per heavy atom. The van der Waals surface area contributed by atoms with Gasteiger partial charge >= 0.3 is 0 Å². The van der Waals surface area contributed by atoms with Gasteiger partial charge in [-0.25, -0.2) is 4.98 Å². The van der Waals surface area contributed by atoms with Crippen LogP contribution in [0.3, 0.4) is 0 Å². The molecule has 0 bridgehead atoms. The van der Waals surface area contributed by atoms with Crippen LogP contribution in [0.1, 0.15) is 4.88 Å². The van der Waals surface area contributed by atoms with Crippen LogP contribution < -0.4 is 10.9 Å². The maximum Gasteiger partial charge on any atom is 0.297 e. The largest absolute Gasteiger partial charge is 0.448 e. The number of nitrogens with one attached hydrogen (secondary N) is 1. The van der Waals surface area contributed by atoms with Crippen LogP contribution >= 0.6 is 23.1 Å². The molecule has 1 N–H and O–H groups in total. The van der Waals surface area contributed by atoms with Crippen molar-refractivity contribution in [3.05, 3.63) is 63.3 Å². The Morgan fingerprint density at radius 1 is 1.26 bits per heavy atom. The van der Waals surface area contributed by atoms with E-state index >= 15 is 0 Å². The van der Waals surface area contributed by atoms with Crippen molar-refractivity contribution in [2.75, 3.05) is 12.3 Å². The molecule has 0 saturated heterocycles. The minimum Gasteiger partial charge on any atom is -0.448 e. The Kier molecular flexibility index (Phi) is 5.26. The van der Waals surface area contributed by atoms with Crippen molar-refractivity contribution in [2.45, 2.75) is 12.3 Å². The summed E-state index contributed by atoms with van der Waals surface area (Å²) < 4.78 is 6.90. The zero-order valence-electron chi connectivity index (χ0n) is 14.4. The first-order chi connectivity index (χ1) is 13.2. The lowest BCUT2D eigenvalue weighted by atomic mass is 10.2. The number of thiophene rings is 1. The summed E-state index contributed by atoms with van der Waals surface area (Å²) in [4.78, 5) is 30.3. The molecule has 8 heteroatoms. The molecular formula is C19H17N3O3S2. The van der Waals surface area contributed by atoms with E-state index < -0.39 is 0 Å². The van der Waals surface area contributed by atoms with E-state index in [0.29, 0.717) is 17.6 Å². The first-order valence-electron chi connectivity index (χ1n) is 8.46. The van der Waals surface area contributed by atoms with Crippen molar-refractivity contribution in [3.8, 4) is 0 Å². The van der Waals surface area contributed by atoms with Crippen molar-refractivity contribution in [3.63, 3.8) is 0 Å². The summed E-state index contributed by atoms with van der Waals surface area (Å²) in [6.45, 7) is 0.484. The molecule has 0 saturated carbocycles. The summed E-state index contributed by atoms with van der Waals surface area (Å²) >= 11 is 3.50. The monoisotopic (exact) mass is 399 g/mol. The Morgan fingerprint density at radius 3 is 3.00 bits per heavy atom. The minimum absolute atomic E-state index is 0.0750. The standard InChI is InChI=1S/C19H17N3O3S2/c23-16(20-7-9-26-11-13-4-3-8-27-13)10-22-12-21-17-14-5-1-2-6-15(14)25-18(17)19(22)24/h1-6,8,12H,7,9-11H2,(H,20,23). The molecule has 0 spiro atoms. The Balaban J connectivity index is 1.36. The Bertz CT molecular complexity index is 1130. The van der Waals surface area contributed by atoms with Crippen LogP contribution in [0.15, 0.2) is 57.3 Å². The number of furan rings is 1. The topological polar surface area (TPSA) is 77.1 Å².